The van der Waals surface area contributed by atoms with Gasteiger partial charge in [0.1, 0.15) is 11.5 Å². The van der Waals surface area contributed by atoms with Crippen LogP contribution in [0.1, 0.15) is 41.3 Å². The molecule has 1 aliphatic rings. The van der Waals surface area contributed by atoms with Crippen molar-refractivity contribution < 1.29 is 13.9 Å². The molecule has 0 radical (unpaired) electrons. The number of hydrogen-bond donors (Lipinski definition) is 0. The Balaban J connectivity index is 1.32. The first kappa shape index (κ1) is 24.0. The lowest BCUT2D eigenvalue weighted by Crippen LogP contribution is -2.48. The van der Waals surface area contributed by atoms with Crippen molar-refractivity contribution in [3.63, 3.8) is 0 Å². The number of amides is 1. The highest BCUT2D eigenvalue weighted by molar-refractivity contribution is 5.91. The molecule has 34 heavy (non-hydrogen) atoms. The molecule has 0 atom stereocenters. The summed E-state index contributed by atoms with van der Waals surface area (Å²) in [4.78, 5) is 19.7. The van der Waals surface area contributed by atoms with Gasteiger partial charge in [-0.1, -0.05) is 42.5 Å². The number of benzene rings is 2. The standard InChI is InChI=1S/C28H35N3O3/c1-22(2)31(20-24-10-7-11-25(18-24)33-3)21-26-12-13-27(34-26)28(32)30-16-14-29(15-17-30)19-23-8-5-4-6-9-23/h4-13,18,22H,14-17,19-21H2,1-3H3. The Kier molecular flexibility index (Phi) is 8.03. The molecule has 3 aromatic rings. The minimum atomic E-state index is -0.0190. The minimum Gasteiger partial charge on any atom is -0.497 e. The van der Waals surface area contributed by atoms with Gasteiger partial charge >= 0.3 is 0 Å². The van der Waals surface area contributed by atoms with Gasteiger partial charge in [-0.05, 0) is 49.2 Å². The molecule has 0 bridgehead atoms. The Bertz CT molecular complexity index is 1060. The zero-order valence-corrected chi connectivity index (χ0v) is 20.4. The molecular weight excluding hydrogens is 426 g/mol. The van der Waals surface area contributed by atoms with Crippen molar-refractivity contribution in [3.05, 3.63) is 89.4 Å². The molecule has 2 aromatic carbocycles. The summed E-state index contributed by atoms with van der Waals surface area (Å²) in [6.07, 6.45) is 0. The topological polar surface area (TPSA) is 49.2 Å². The molecule has 1 aliphatic heterocycles. The molecule has 1 saturated heterocycles. The second-order valence-electron chi connectivity index (χ2n) is 9.17. The molecule has 6 heteroatoms. The first-order chi connectivity index (χ1) is 16.5. The fourth-order valence-electron chi connectivity index (χ4n) is 4.31. The maximum absolute atomic E-state index is 13.0. The van der Waals surface area contributed by atoms with Crippen molar-refractivity contribution in [2.45, 2.75) is 39.5 Å². The molecule has 1 fully saturated rings. The summed E-state index contributed by atoms with van der Waals surface area (Å²) in [5.74, 6) is 2.07. The molecular formula is C28H35N3O3. The van der Waals surface area contributed by atoms with Crippen LogP contribution in [0.2, 0.25) is 0 Å². The molecule has 0 unspecified atom stereocenters. The summed E-state index contributed by atoms with van der Waals surface area (Å²) < 4.78 is 11.4. The summed E-state index contributed by atoms with van der Waals surface area (Å²) >= 11 is 0. The van der Waals surface area contributed by atoms with Crippen molar-refractivity contribution in [2.75, 3.05) is 33.3 Å². The third kappa shape index (κ3) is 6.27. The quantitative estimate of drug-likeness (QED) is 0.464. The number of rotatable bonds is 9. The monoisotopic (exact) mass is 461 g/mol. The Morgan fingerprint density at radius 2 is 1.68 bits per heavy atom. The smallest absolute Gasteiger partial charge is 0.289 e. The number of piperazine rings is 1. The first-order valence-corrected chi connectivity index (χ1v) is 12.0. The highest BCUT2D eigenvalue weighted by atomic mass is 16.5. The van der Waals surface area contributed by atoms with Crippen LogP contribution in [-0.4, -0.2) is 59.9 Å². The average Bonchev–Trinajstić information content (AvgIpc) is 3.33. The summed E-state index contributed by atoms with van der Waals surface area (Å²) in [5, 5.41) is 0. The van der Waals surface area contributed by atoms with Crippen LogP contribution in [0.4, 0.5) is 0 Å². The first-order valence-electron chi connectivity index (χ1n) is 12.0. The van der Waals surface area contributed by atoms with Crippen LogP contribution < -0.4 is 4.74 Å². The van der Waals surface area contributed by atoms with Crippen molar-refractivity contribution >= 4 is 5.91 Å². The zero-order valence-electron chi connectivity index (χ0n) is 20.4. The number of carbonyl (C=O) groups excluding carboxylic acids is 1. The second-order valence-corrected chi connectivity index (χ2v) is 9.17. The SMILES string of the molecule is COc1cccc(CN(Cc2ccc(C(=O)N3CCN(Cc4ccccc4)CC3)o2)C(C)C)c1. The number of furan rings is 1. The van der Waals surface area contributed by atoms with Gasteiger partial charge in [0.2, 0.25) is 0 Å². The molecule has 6 nitrogen and oxygen atoms in total. The lowest BCUT2D eigenvalue weighted by atomic mass is 10.1. The minimum absolute atomic E-state index is 0.0190. The molecule has 0 N–H and O–H groups in total. The number of hydrogen-bond acceptors (Lipinski definition) is 5. The van der Waals surface area contributed by atoms with Crippen LogP contribution >= 0.6 is 0 Å². The van der Waals surface area contributed by atoms with E-state index in [1.165, 1.54) is 11.1 Å². The van der Waals surface area contributed by atoms with Gasteiger partial charge in [0.25, 0.3) is 5.91 Å². The molecule has 1 aromatic heterocycles. The fraction of sp³-hybridized carbons (Fsp3) is 0.393. The molecule has 0 aliphatic carbocycles. The summed E-state index contributed by atoms with van der Waals surface area (Å²) in [6, 6.07) is 22.7. The third-order valence-corrected chi connectivity index (χ3v) is 6.39. The lowest BCUT2D eigenvalue weighted by Gasteiger charge is -2.34. The van der Waals surface area contributed by atoms with Gasteiger partial charge in [0, 0.05) is 45.3 Å². The Labute approximate surface area is 202 Å². The Morgan fingerprint density at radius 1 is 0.941 bits per heavy atom. The highest BCUT2D eigenvalue weighted by Gasteiger charge is 2.25. The van der Waals surface area contributed by atoms with Gasteiger partial charge in [-0.25, -0.2) is 0 Å². The van der Waals surface area contributed by atoms with E-state index in [0.717, 1.165) is 50.8 Å². The van der Waals surface area contributed by atoms with Crippen molar-refractivity contribution in [1.29, 1.82) is 0 Å². The van der Waals surface area contributed by atoms with Crippen LogP contribution in [0.15, 0.2) is 71.1 Å². The summed E-state index contributed by atoms with van der Waals surface area (Å²) in [6.45, 7) is 9.87. The summed E-state index contributed by atoms with van der Waals surface area (Å²) in [7, 11) is 1.68. The van der Waals surface area contributed by atoms with E-state index in [4.69, 9.17) is 9.15 Å². The van der Waals surface area contributed by atoms with E-state index in [1.807, 2.05) is 35.2 Å². The Morgan fingerprint density at radius 3 is 2.38 bits per heavy atom. The van der Waals surface area contributed by atoms with E-state index in [1.54, 1.807) is 7.11 Å². The van der Waals surface area contributed by atoms with Gasteiger partial charge in [-0.15, -0.1) is 0 Å². The van der Waals surface area contributed by atoms with E-state index in [9.17, 15) is 4.79 Å². The van der Waals surface area contributed by atoms with Crippen LogP contribution in [-0.2, 0) is 19.6 Å². The van der Waals surface area contributed by atoms with Crippen molar-refractivity contribution in [3.8, 4) is 5.75 Å². The van der Waals surface area contributed by atoms with E-state index < -0.39 is 0 Å². The van der Waals surface area contributed by atoms with Gasteiger partial charge in [-0.3, -0.25) is 14.6 Å². The van der Waals surface area contributed by atoms with E-state index in [2.05, 4.69) is 60.0 Å². The van der Waals surface area contributed by atoms with Crippen molar-refractivity contribution in [1.82, 2.24) is 14.7 Å². The third-order valence-electron chi connectivity index (χ3n) is 6.39. The van der Waals surface area contributed by atoms with E-state index >= 15 is 0 Å². The zero-order chi connectivity index (χ0) is 23.9. The van der Waals surface area contributed by atoms with Crippen LogP contribution in [0.5, 0.6) is 5.75 Å². The second kappa shape index (κ2) is 11.4. The van der Waals surface area contributed by atoms with Crippen LogP contribution in [0, 0.1) is 0 Å². The van der Waals surface area contributed by atoms with Crippen LogP contribution in [0.25, 0.3) is 0 Å². The summed E-state index contributed by atoms with van der Waals surface area (Å²) in [5.41, 5.74) is 2.49. The average molecular weight is 462 g/mol. The van der Waals surface area contributed by atoms with Gasteiger partial charge < -0.3 is 14.1 Å². The van der Waals surface area contributed by atoms with Gasteiger partial charge in [-0.2, -0.15) is 0 Å². The predicted molar refractivity (Wildman–Crippen MR) is 134 cm³/mol. The largest absolute Gasteiger partial charge is 0.497 e. The maximum Gasteiger partial charge on any atom is 0.289 e. The Hall–Kier alpha value is -3.09. The molecule has 1 amide bonds. The molecule has 0 spiro atoms. The van der Waals surface area contributed by atoms with Gasteiger partial charge in [0.15, 0.2) is 5.76 Å². The van der Waals surface area contributed by atoms with Crippen LogP contribution in [0.3, 0.4) is 0 Å². The lowest BCUT2D eigenvalue weighted by molar-refractivity contribution is 0.0593. The molecule has 180 valence electrons. The maximum atomic E-state index is 13.0. The molecule has 4 rings (SSSR count). The van der Waals surface area contributed by atoms with E-state index in [-0.39, 0.29) is 5.91 Å². The normalized spacial score (nSPS) is 14.7. The fourth-order valence-corrected chi connectivity index (χ4v) is 4.31. The molecule has 0 saturated carbocycles. The highest BCUT2D eigenvalue weighted by Crippen LogP contribution is 2.20. The molecule has 2 heterocycles. The van der Waals surface area contributed by atoms with Crippen molar-refractivity contribution in [2.24, 2.45) is 0 Å². The number of methoxy groups -OCH3 is 1. The predicted octanol–water partition coefficient (Wildman–Crippen LogP) is 4.66. The number of nitrogens with zero attached hydrogens (tertiary/aromatic N) is 3. The number of carbonyl (C=O) groups is 1. The van der Waals surface area contributed by atoms with E-state index in [0.29, 0.717) is 18.3 Å². The van der Waals surface area contributed by atoms with Gasteiger partial charge in [0.05, 0.1) is 13.7 Å². The number of ether oxygens (including phenoxy) is 1.